The molecule has 2 N–H and O–H groups in total. The molecular weight excluding hydrogens is 330 g/mol. The predicted molar refractivity (Wildman–Crippen MR) is 96.2 cm³/mol. The zero-order chi connectivity index (χ0) is 17.9. The maximum atomic E-state index is 12.3. The van der Waals surface area contributed by atoms with Crippen LogP contribution in [-0.4, -0.2) is 36.1 Å². The standard InChI is InChI=1S/C18H15N7O/c1-25-15(17(26)20-18-21-23-24-22-18)11-19-16(25)14-9-7-13(8-10-14)12-5-3-2-4-6-12/h2-11H,1H3,(H2,20,21,22,23,24,26). The van der Waals surface area contributed by atoms with Gasteiger partial charge in [-0.05, 0) is 16.3 Å². The first-order chi connectivity index (χ1) is 12.7. The summed E-state index contributed by atoms with van der Waals surface area (Å²) in [6.07, 6.45) is 1.52. The Morgan fingerprint density at radius 2 is 1.69 bits per heavy atom. The Morgan fingerprint density at radius 3 is 2.38 bits per heavy atom. The van der Waals surface area contributed by atoms with Crippen LogP contribution in [0.3, 0.4) is 0 Å². The van der Waals surface area contributed by atoms with Gasteiger partial charge in [-0.1, -0.05) is 59.7 Å². The minimum atomic E-state index is -0.353. The summed E-state index contributed by atoms with van der Waals surface area (Å²) in [5.74, 6) is 0.460. The van der Waals surface area contributed by atoms with Crippen LogP contribution < -0.4 is 5.32 Å². The third kappa shape index (κ3) is 2.95. The van der Waals surface area contributed by atoms with E-state index in [1.54, 1.807) is 11.6 Å². The second-order valence-electron chi connectivity index (χ2n) is 5.66. The lowest BCUT2D eigenvalue weighted by Crippen LogP contribution is -2.16. The van der Waals surface area contributed by atoms with Gasteiger partial charge in [0.2, 0.25) is 0 Å². The largest absolute Gasteiger partial charge is 0.323 e. The van der Waals surface area contributed by atoms with Gasteiger partial charge in [0.15, 0.2) is 0 Å². The normalized spacial score (nSPS) is 10.7. The molecule has 2 aromatic carbocycles. The Hall–Kier alpha value is -3.81. The zero-order valence-electron chi connectivity index (χ0n) is 13.9. The minimum Gasteiger partial charge on any atom is -0.323 e. The van der Waals surface area contributed by atoms with Crippen LogP contribution in [0.1, 0.15) is 10.5 Å². The molecule has 4 aromatic rings. The molecule has 0 unspecified atom stereocenters. The molecule has 0 aliphatic heterocycles. The van der Waals surface area contributed by atoms with Crippen molar-refractivity contribution in [1.82, 2.24) is 30.2 Å². The average molecular weight is 345 g/mol. The summed E-state index contributed by atoms with van der Waals surface area (Å²) in [5, 5.41) is 15.7. The van der Waals surface area contributed by atoms with Gasteiger partial charge in [0, 0.05) is 12.6 Å². The summed E-state index contributed by atoms with van der Waals surface area (Å²) in [4.78, 5) is 16.7. The Morgan fingerprint density at radius 1 is 1.00 bits per heavy atom. The van der Waals surface area contributed by atoms with E-state index in [-0.39, 0.29) is 11.9 Å². The lowest BCUT2D eigenvalue weighted by molar-refractivity contribution is 0.101. The van der Waals surface area contributed by atoms with E-state index in [0.717, 1.165) is 16.7 Å². The average Bonchev–Trinajstić information content (AvgIpc) is 3.32. The second-order valence-corrected chi connectivity index (χ2v) is 5.66. The lowest BCUT2D eigenvalue weighted by Gasteiger charge is -2.07. The Bertz CT molecular complexity index is 1020. The number of hydrogen-bond acceptors (Lipinski definition) is 5. The predicted octanol–water partition coefficient (Wildman–Crippen LogP) is 2.52. The van der Waals surface area contributed by atoms with Crippen molar-refractivity contribution in [3.8, 4) is 22.5 Å². The number of aromatic amines is 1. The number of H-pyrrole nitrogens is 1. The van der Waals surface area contributed by atoms with Gasteiger partial charge in [0.05, 0.1) is 6.20 Å². The first-order valence-electron chi connectivity index (χ1n) is 7.95. The van der Waals surface area contributed by atoms with Gasteiger partial charge in [-0.25, -0.2) is 4.98 Å². The number of amides is 1. The number of nitrogens with one attached hydrogen (secondary N) is 2. The summed E-state index contributed by atoms with van der Waals surface area (Å²) < 4.78 is 1.73. The van der Waals surface area contributed by atoms with Crippen LogP contribution in [0.2, 0.25) is 0 Å². The first-order valence-corrected chi connectivity index (χ1v) is 7.95. The molecular formula is C18H15N7O. The molecule has 0 saturated heterocycles. The lowest BCUT2D eigenvalue weighted by atomic mass is 10.0. The van der Waals surface area contributed by atoms with Gasteiger partial charge >= 0.3 is 0 Å². The Kier molecular flexibility index (Phi) is 3.98. The van der Waals surface area contributed by atoms with Crippen LogP contribution in [-0.2, 0) is 7.05 Å². The smallest absolute Gasteiger partial charge is 0.276 e. The van der Waals surface area contributed by atoms with Crippen molar-refractivity contribution in [2.24, 2.45) is 7.05 Å². The third-order valence-electron chi connectivity index (χ3n) is 4.04. The Labute approximate surface area is 148 Å². The van der Waals surface area contributed by atoms with Crippen LogP contribution in [0.4, 0.5) is 5.95 Å². The molecule has 2 heterocycles. The van der Waals surface area contributed by atoms with Crippen LogP contribution >= 0.6 is 0 Å². The fourth-order valence-electron chi connectivity index (χ4n) is 2.71. The van der Waals surface area contributed by atoms with E-state index in [1.165, 1.54) is 6.20 Å². The Balaban J connectivity index is 1.59. The number of carbonyl (C=O) groups is 1. The molecule has 0 saturated carbocycles. The topological polar surface area (TPSA) is 101 Å². The molecule has 0 fully saturated rings. The number of nitrogens with zero attached hydrogens (tertiary/aromatic N) is 5. The molecule has 4 rings (SSSR count). The van der Waals surface area contributed by atoms with Crippen LogP contribution in [0.15, 0.2) is 60.8 Å². The van der Waals surface area contributed by atoms with Crippen molar-refractivity contribution in [1.29, 1.82) is 0 Å². The van der Waals surface area contributed by atoms with Crippen molar-refractivity contribution in [2.45, 2.75) is 0 Å². The number of benzene rings is 2. The number of imidazole rings is 1. The van der Waals surface area contributed by atoms with Crippen LogP contribution in [0, 0.1) is 0 Å². The number of tetrazole rings is 1. The van der Waals surface area contributed by atoms with Gasteiger partial charge in [0.25, 0.3) is 11.9 Å². The van der Waals surface area contributed by atoms with Crippen molar-refractivity contribution >= 4 is 11.9 Å². The van der Waals surface area contributed by atoms with Gasteiger partial charge in [-0.3, -0.25) is 10.1 Å². The van der Waals surface area contributed by atoms with Gasteiger partial charge in [0.1, 0.15) is 11.5 Å². The monoisotopic (exact) mass is 345 g/mol. The van der Waals surface area contributed by atoms with Crippen molar-refractivity contribution < 1.29 is 4.79 Å². The molecule has 0 bridgehead atoms. The summed E-state index contributed by atoms with van der Waals surface area (Å²) in [7, 11) is 1.79. The highest BCUT2D eigenvalue weighted by Gasteiger charge is 2.16. The van der Waals surface area contributed by atoms with Gasteiger partial charge in [-0.15, -0.1) is 5.10 Å². The van der Waals surface area contributed by atoms with E-state index in [9.17, 15) is 4.79 Å². The highest BCUT2D eigenvalue weighted by atomic mass is 16.2. The number of rotatable bonds is 4. The number of anilines is 1. The summed E-state index contributed by atoms with van der Waals surface area (Å²) >= 11 is 0. The molecule has 0 aliphatic carbocycles. The third-order valence-corrected chi connectivity index (χ3v) is 4.04. The van der Waals surface area contributed by atoms with E-state index < -0.39 is 0 Å². The quantitative estimate of drug-likeness (QED) is 0.592. The minimum absolute atomic E-state index is 0.116. The van der Waals surface area contributed by atoms with Crippen molar-refractivity contribution in [2.75, 3.05) is 5.32 Å². The van der Waals surface area contributed by atoms with E-state index in [0.29, 0.717) is 11.5 Å². The van der Waals surface area contributed by atoms with E-state index in [4.69, 9.17) is 0 Å². The van der Waals surface area contributed by atoms with Gasteiger partial charge < -0.3 is 4.57 Å². The first kappa shape index (κ1) is 15.7. The fourth-order valence-corrected chi connectivity index (χ4v) is 2.71. The molecule has 26 heavy (non-hydrogen) atoms. The second kappa shape index (κ2) is 6.60. The molecule has 0 spiro atoms. The summed E-state index contributed by atoms with van der Waals surface area (Å²) in [6, 6.07) is 18.2. The van der Waals surface area contributed by atoms with Gasteiger partial charge in [-0.2, -0.15) is 5.21 Å². The molecule has 128 valence electrons. The zero-order valence-corrected chi connectivity index (χ0v) is 13.9. The number of hydrogen-bond donors (Lipinski definition) is 2. The highest BCUT2D eigenvalue weighted by molar-refractivity contribution is 6.02. The van der Waals surface area contributed by atoms with E-state index in [1.807, 2.05) is 42.5 Å². The molecule has 0 radical (unpaired) electrons. The molecule has 1 amide bonds. The molecule has 2 aromatic heterocycles. The maximum Gasteiger partial charge on any atom is 0.276 e. The summed E-state index contributed by atoms with van der Waals surface area (Å²) in [5.41, 5.74) is 3.60. The van der Waals surface area contributed by atoms with Crippen LogP contribution in [0.5, 0.6) is 0 Å². The molecule has 8 heteroatoms. The maximum absolute atomic E-state index is 12.3. The SMILES string of the molecule is Cn1c(C(=O)Nc2nn[nH]n2)cnc1-c1ccc(-c2ccccc2)cc1. The number of carbonyl (C=O) groups excluding carboxylic acids is 1. The molecule has 8 nitrogen and oxygen atoms in total. The van der Waals surface area contributed by atoms with Crippen LogP contribution in [0.25, 0.3) is 22.5 Å². The summed E-state index contributed by atoms with van der Waals surface area (Å²) in [6.45, 7) is 0. The molecule has 0 atom stereocenters. The molecule has 0 aliphatic rings. The fraction of sp³-hybridized carbons (Fsp3) is 0.0556. The van der Waals surface area contributed by atoms with Crippen molar-refractivity contribution in [3.63, 3.8) is 0 Å². The highest BCUT2D eigenvalue weighted by Crippen LogP contribution is 2.24. The number of aromatic nitrogens is 6. The van der Waals surface area contributed by atoms with E-state index >= 15 is 0 Å². The van der Waals surface area contributed by atoms with Crippen molar-refractivity contribution in [3.05, 3.63) is 66.5 Å². The van der Waals surface area contributed by atoms with E-state index in [2.05, 4.69) is 43.1 Å².